The fourth-order valence-corrected chi connectivity index (χ4v) is 4.24. The van der Waals surface area contributed by atoms with E-state index in [4.69, 9.17) is 5.26 Å². The molecule has 31 heavy (non-hydrogen) atoms. The first-order valence-corrected chi connectivity index (χ1v) is 9.86. The summed E-state index contributed by atoms with van der Waals surface area (Å²) in [6.45, 7) is 8.84. The molecule has 3 rings (SSSR count). The molecule has 0 aliphatic heterocycles. The number of nitriles is 2. The summed E-state index contributed by atoms with van der Waals surface area (Å²) in [5.41, 5.74) is -0.260. The molecular formula is C22H16FN5O2S. The molecule has 3 heterocycles. The molecule has 0 spiro atoms. The molecule has 7 nitrogen and oxygen atoms in total. The summed E-state index contributed by atoms with van der Waals surface area (Å²) < 4.78 is 16.5. The number of nitrogens with zero attached hydrogens (tertiary/aromatic N) is 5. The minimum atomic E-state index is -0.707. The highest BCUT2D eigenvalue weighted by atomic mass is 32.1. The molecule has 3 aromatic heterocycles. The highest BCUT2D eigenvalue weighted by molar-refractivity contribution is 7.20. The van der Waals surface area contributed by atoms with Gasteiger partial charge in [-0.25, -0.2) is 13.8 Å². The third kappa shape index (κ3) is 3.75. The minimum Gasteiger partial charge on any atom is -0.291 e. The molecule has 0 aliphatic rings. The molecule has 3 aromatic rings. The number of thiophene rings is 1. The lowest BCUT2D eigenvalue weighted by atomic mass is 10.1. The molecule has 0 saturated heterocycles. The van der Waals surface area contributed by atoms with Gasteiger partial charge >= 0.3 is 5.69 Å². The lowest BCUT2D eigenvalue weighted by molar-refractivity contribution is 0.605. The zero-order chi connectivity index (χ0) is 22.7. The largest absolute Gasteiger partial charge is 0.336 e. The quantitative estimate of drug-likeness (QED) is 0.436. The van der Waals surface area contributed by atoms with Crippen molar-refractivity contribution in [1.29, 1.82) is 10.5 Å². The van der Waals surface area contributed by atoms with Gasteiger partial charge in [0.1, 0.15) is 10.5 Å². The van der Waals surface area contributed by atoms with E-state index < -0.39 is 17.1 Å². The molecule has 154 valence electrons. The van der Waals surface area contributed by atoms with Gasteiger partial charge in [0.15, 0.2) is 0 Å². The lowest BCUT2D eigenvalue weighted by Gasteiger charge is -2.12. The molecule has 0 fully saturated rings. The number of rotatable bonds is 6. The molecular weight excluding hydrogens is 417 g/mol. The van der Waals surface area contributed by atoms with Gasteiger partial charge in [-0.05, 0) is 13.0 Å². The van der Waals surface area contributed by atoms with E-state index in [1.807, 2.05) is 12.1 Å². The molecule has 0 bridgehead atoms. The van der Waals surface area contributed by atoms with E-state index in [1.165, 1.54) is 23.8 Å². The van der Waals surface area contributed by atoms with Crippen LogP contribution in [0.3, 0.4) is 0 Å². The van der Waals surface area contributed by atoms with Crippen molar-refractivity contribution in [2.75, 3.05) is 0 Å². The second kappa shape index (κ2) is 8.74. The van der Waals surface area contributed by atoms with E-state index in [2.05, 4.69) is 18.1 Å². The second-order valence-corrected chi connectivity index (χ2v) is 7.53. The van der Waals surface area contributed by atoms with Crippen LogP contribution in [0.1, 0.15) is 16.9 Å². The Morgan fingerprint density at radius 1 is 1.35 bits per heavy atom. The number of allylic oxidation sites excluding steroid dienone is 4. The van der Waals surface area contributed by atoms with Gasteiger partial charge in [-0.1, -0.05) is 25.3 Å². The number of aromatic nitrogens is 3. The maximum absolute atomic E-state index is 14.1. The van der Waals surface area contributed by atoms with Crippen molar-refractivity contribution in [2.45, 2.75) is 19.9 Å². The first-order chi connectivity index (χ1) is 14.8. The van der Waals surface area contributed by atoms with Crippen molar-refractivity contribution < 1.29 is 4.39 Å². The molecule has 0 aliphatic carbocycles. The van der Waals surface area contributed by atoms with Crippen LogP contribution >= 0.6 is 11.3 Å². The molecule has 9 heteroatoms. The summed E-state index contributed by atoms with van der Waals surface area (Å²) in [6.07, 6.45) is 5.35. The van der Waals surface area contributed by atoms with Crippen molar-refractivity contribution in [3.05, 3.63) is 86.4 Å². The summed E-state index contributed by atoms with van der Waals surface area (Å²) in [5, 5.41) is 18.3. The van der Waals surface area contributed by atoms with Gasteiger partial charge in [-0.15, -0.1) is 11.3 Å². The Kier molecular flexibility index (Phi) is 6.10. The predicted octanol–water partition coefficient (Wildman–Crippen LogP) is 3.62. The van der Waals surface area contributed by atoms with Gasteiger partial charge in [-0.3, -0.25) is 14.3 Å². The minimum absolute atomic E-state index is 0.0268. The van der Waals surface area contributed by atoms with Crippen molar-refractivity contribution in [1.82, 2.24) is 14.1 Å². The van der Waals surface area contributed by atoms with Gasteiger partial charge in [0, 0.05) is 22.6 Å². The Hall–Kier alpha value is -4.08. The lowest BCUT2D eigenvalue weighted by Crippen LogP contribution is -2.39. The Morgan fingerprint density at radius 3 is 2.74 bits per heavy atom. The Bertz CT molecular complexity index is 1460. The van der Waals surface area contributed by atoms with Crippen molar-refractivity contribution in [3.63, 3.8) is 0 Å². The van der Waals surface area contributed by atoms with Crippen LogP contribution in [0.4, 0.5) is 4.39 Å². The number of halogens is 1. The predicted molar refractivity (Wildman–Crippen MR) is 117 cm³/mol. The topological polar surface area (TPSA) is 104 Å². The van der Waals surface area contributed by atoms with E-state index in [1.54, 1.807) is 12.1 Å². The number of fused-ring (bicyclic) bond motifs is 1. The molecule has 0 atom stereocenters. The van der Waals surface area contributed by atoms with Crippen LogP contribution in [-0.4, -0.2) is 14.1 Å². The highest BCUT2D eigenvalue weighted by Gasteiger charge is 2.21. The van der Waals surface area contributed by atoms with Gasteiger partial charge < -0.3 is 0 Å². The molecule has 0 saturated carbocycles. The first kappa shape index (κ1) is 21.6. The van der Waals surface area contributed by atoms with E-state index in [9.17, 15) is 19.2 Å². The van der Waals surface area contributed by atoms with Crippen molar-refractivity contribution in [3.8, 4) is 17.8 Å². The van der Waals surface area contributed by atoms with Gasteiger partial charge in [-0.2, -0.15) is 10.5 Å². The Morgan fingerprint density at radius 2 is 2.10 bits per heavy atom. The van der Waals surface area contributed by atoms with E-state index in [0.717, 1.165) is 22.1 Å². The molecule has 0 amide bonds. The van der Waals surface area contributed by atoms with Crippen molar-refractivity contribution >= 4 is 27.1 Å². The zero-order valence-electron chi connectivity index (χ0n) is 16.6. The van der Waals surface area contributed by atoms with E-state index in [0.29, 0.717) is 16.0 Å². The van der Waals surface area contributed by atoms with Crippen LogP contribution in [0, 0.1) is 35.4 Å². The molecule has 0 radical (unpaired) electrons. The fourth-order valence-electron chi connectivity index (χ4n) is 3.09. The maximum Gasteiger partial charge on any atom is 0.336 e. The van der Waals surface area contributed by atoms with Crippen LogP contribution in [0.5, 0.6) is 0 Å². The smallest absolute Gasteiger partial charge is 0.291 e. The number of hydrogen-bond donors (Lipinski definition) is 0. The monoisotopic (exact) mass is 433 g/mol. The summed E-state index contributed by atoms with van der Waals surface area (Å²) in [4.78, 5) is 30.8. The van der Waals surface area contributed by atoms with Crippen LogP contribution in [-0.2, 0) is 6.54 Å². The number of hydrogen-bond acceptors (Lipinski definition) is 6. The van der Waals surface area contributed by atoms with E-state index in [-0.39, 0.29) is 34.5 Å². The average molecular weight is 433 g/mol. The maximum atomic E-state index is 14.1. The molecule has 0 N–H and O–H groups in total. The SMILES string of the molecule is C=C/C=C(\C(=C)C#N)c1cc2c(s1)c(=O)n(-c1cncc(F)c1C)c(=O)n2CCC#N. The summed E-state index contributed by atoms with van der Waals surface area (Å²) in [7, 11) is 0. The summed E-state index contributed by atoms with van der Waals surface area (Å²) in [6, 6.07) is 5.56. The normalized spacial score (nSPS) is 11.2. The third-order valence-electron chi connectivity index (χ3n) is 4.65. The van der Waals surface area contributed by atoms with Crippen LogP contribution in [0.15, 0.2) is 58.9 Å². The van der Waals surface area contributed by atoms with Crippen LogP contribution in [0.25, 0.3) is 21.5 Å². The zero-order valence-corrected chi connectivity index (χ0v) is 17.4. The Balaban J connectivity index is 2.45. The summed E-state index contributed by atoms with van der Waals surface area (Å²) >= 11 is 1.07. The summed E-state index contributed by atoms with van der Waals surface area (Å²) in [5.74, 6) is -0.652. The second-order valence-electron chi connectivity index (χ2n) is 6.48. The first-order valence-electron chi connectivity index (χ1n) is 9.05. The van der Waals surface area contributed by atoms with Crippen LogP contribution < -0.4 is 11.2 Å². The third-order valence-corrected chi connectivity index (χ3v) is 5.79. The van der Waals surface area contributed by atoms with Gasteiger partial charge in [0.25, 0.3) is 5.56 Å². The fraction of sp³-hybridized carbons (Fsp3) is 0.136. The molecule has 0 aromatic carbocycles. The van der Waals surface area contributed by atoms with E-state index >= 15 is 0 Å². The molecule has 0 unspecified atom stereocenters. The van der Waals surface area contributed by atoms with Crippen LogP contribution in [0.2, 0.25) is 0 Å². The standard InChI is InChI=1S/C22H16FN5O2S/c1-4-6-15(13(2)10-25)19-9-17-20(31-19)21(29)28(22(30)27(17)8-5-7-24)18-12-26-11-16(23)14(18)3/h4,6,9,11-12H,1-2,5,8H2,3H3/b15-6+. The highest BCUT2D eigenvalue weighted by Crippen LogP contribution is 2.32. The van der Waals surface area contributed by atoms with Crippen molar-refractivity contribution in [2.24, 2.45) is 0 Å². The number of aryl methyl sites for hydroxylation is 1. The van der Waals surface area contributed by atoms with Gasteiger partial charge in [0.2, 0.25) is 0 Å². The Labute approximate surface area is 180 Å². The average Bonchev–Trinajstić information content (AvgIpc) is 3.19. The van der Waals surface area contributed by atoms with Gasteiger partial charge in [0.05, 0.1) is 47.7 Å². The number of pyridine rings is 1.